The van der Waals surface area contributed by atoms with Gasteiger partial charge in [0.2, 0.25) is 0 Å². The first kappa shape index (κ1) is 18.1. The molecule has 0 unspecified atom stereocenters. The molecule has 6 nitrogen and oxygen atoms in total. The number of carbonyl (C=O) groups excluding carboxylic acids is 1. The number of piperidine rings is 1. The van der Waals surface area contributed by atoms with Crippen LogP contribution < -0.4 is 10.6 Å². The molecule has 1 aliphatic rings. The predicted molar refractivity (Wildman–Crippen MR) is 97.2 cm³/mol. The van der Waals surface area contributed by atoms with E-state index >= 15 is 0 Å². The second-order valence-electron chi connectivity index (χ2n) is 5.90. The van der Waals surface area contributed by atoms with E-state index in [1.807, 2.05) is 18.2 Å². The van der Waals surface area contributed by atoms with Gasteiger partial charge in [-0.15, -0.1) is 0 Å². The Morgan fingerprint density at radius 2 is 1.96 bits per heavy atom. The number of nitrogens with zero attached hydrogens (tertiary/aromatic N) is 2. The molecule has 0 saturated carbocycles. The van der Waals surface area contributed by atoms with Crippen LogP contribution in [0.5, 0.6) is 0 Å². The van der Waals surface area contributed by atoms with Gasteiger partial charge in [-0.1, -0.05) is 18.2 Å². The topological polar surface area (TPSA) is 66.0 Å². The molecular formula is C18H28N4O2. The maximum atomic E-state index is 11.6. The van der Waals surface area contributed by atoms with Gasteiger partial charge in [0.1, 0.15) is 0 Å². The largest absolute Gasteiger partial charge is 0.469 e. The van der Waals surface area contributed by atoms with E-state index in [2.05, 4.69) is 32.7 Å². The maximum Gasteiger partial charge on any atom is 0.308 e. The predicted octanol–water partition coefficient (Wildman–Crippen LogP) is 1.95. The molecule has 0 radical (unpaired) electrons. The molecule has 1 saturated heterocycles. The molecule has 1 fully saturated rings. The lowest BCUT2D eigenvalue weighted by Gasteiger charge is -2.33. The van der Waals surface area contributed by atoms with Gasteiger partial charge in [0.05, 0.1) is 13.0 Å². The van der Waals surface area contributed by atoms with Gasteiger partial charge < -0.3 is 20.3 Å². The zero-order chi connectivity index (χ0) is 17.2. The quantitative estimate of drug-likeness (QED) is 0.361. The highest BCUT2D eigenvalue weighted by Crippen LogP contribution is 2.18. The lowest BCUT2D eigenvalue weighted by Crippen LogP contribution is -2.47. The highest BCUT2D eigenvalue weighted by Gasteiger charge is 2.26. The van der Waals surface area contributed by atoms with Crippen molar-refractivity contribution in [3.63, 3.8) is 0 Å². The van der Waals surface area contributed by atoms with Crippen LogP contribution in [0.15, 0.2) is 35.3 Å². The number of nitrogens with one attached hydrogen (secondary N) is 2. The van der Waals surface area contributed by atoms with Crippen LogP contribution in [0.2, 0.25) is 0 Å². The summed E-state index contributed by atoms with van der Waals surface area (Å²) in [6.07, 6.45) is 2.65. The third kappa shape index (κ3) is 5.44. The first-order valence-electron chi connectivity index (χ1n) is 8.57. The summed E-state index contributed by atoms with van der Waals surface area (Å²) in [5, 5.41) is 6.80. The Hall–Kier alpha value is -2.24. The molecule has 0 atom stereocenters. The number of esters is 1. The third-order valence-electron chi connectivity index (χ3n) is 4.28. The number of hydrogen-bond donors (Lipinski definition) is 2. The summed E-state index contributed by atoms with van der Waals surface area (Å²) in [6.45, 7) is 3.45. The van der Waals surface area contributed by atoms with Gasteiger partial charge >= 0.3 is 5.97 Å². The number of hydrogen-bond acceptors (Lipinski definition) is 4. The first-order chi connectivity index (χ1) is 11.7. The van der Waals surface area contributed by atoms with Crippen molar-refractivity contribution < 1.29 is 9.53 Å². The van der Waals surface area contributed by atoms with Crippen LogP contribution in [0.3, 0.4) is 0 Å². The molecule has 0 spiro atoms. The van der Waals surface area contributed by atoms with Crippen molar-refractivity contribution >= 4 is 17.6 Å². The average molecular weight is 332 g/mol. The summed E-state index contributed by atoms with van der Waals surface area (Å²) in [5.74, 6) is 0.849. The van der Waals surface area contributed by atoms with Crippen LogP contribution in [0, 0.1) is 5.92 Å². The maximum absolute atomic E-state index is 11.6. The Kier molecular flexibility index (Phi) is 7.39. The van der Waals surface area contributed by atoms with Crippen molar-refractivity contribution in [3.05, 3.63) is 30.3 Å². The highest BCUT2D eigenvalue weighted by atomic mass is 16.5. The van der Waals surface area contributed by atoms with Crippen molar-refractivity contribution in [2.24, 2.45) is 10.9 Å². The molecule has 0 aliphatic carbocycles. The number of benzene rings is 1. The van der Waals surface area contributed by atoms with Crippen molar-refractivity contribution in [1.82, 2.24) is 10.2 Å². The summed E-state index contributed by atoms with van der Waals surface area (Å²) < 4.78 is 4.83. The molecule has 0 bridgehead atoms. The standard InChI is InChI=1S/C18H28N4O2/c1-19-18(22-13-9-15(10-14-22)17(23)24-2)21-12-6-11-20-16-7-4-3-5-8-16/h3-5,7-8,15,20H,6,9-14H2,1-2H3,(H,19,21). The molecule has 1 heterocycles. The molecule has 1 aromatic carbocycles. The van der Waals surface area contributed by atoms with E-state index in [4.69, 9.17) is 4.74 Å². The number of para-hydroxylation sites is 1. The lowest BCUT2D eigenvalue weighted by atomic mass is 9.97. The van der Waals surface area contributed by atoms with Crippen LogP contribution in [0.1, 0.15) is 19.3 Å². The van der Waals surface area contributed by atoms with Crippen LogP contribution in [-0.4, -0.2) is 57.2 Å². The number of anilines is 1. The second kappa shape index (κ2) is 9.80. The number of rotatable bonds is 6. The van der Waals surface area contributed by atoms with E-state index in [9.17, 15) is 4.79 Å². The van der Waals surface area contributed by atoms with Crippen molar-refractivity contribution in [2.45, 2.75) is 19.3 Å². The van der Waals surface area contributed by atoms with E-state index in [1.54, 1.807) is 7.05 Å². The van der Waals surface area contributed by atoms with Gasteiger partial charge in [-0.2, -0.15) is 0 Å². The molecule has 24 heavy (non-hydrogen) atoms. The van der Waals surface area contributed by atoms with Gasteiger partial charge in [0, 0.05) is 38.9 Å². The minimum absolute atomic E-state index is 0.0272. The van der Waals surface area contributed by atoms with Gasteiger partial charge in [0.15, 0.2) is 5.96 Å². The molecule has 0 aromatic heterocycles. The molecular weight excluding hydrogens is 304 g/mol. The van der Waals surface area contributed by atoms with E-state index in [0.717, 1.165) is 57.1 Å². The number of carbonyl (C=O) groups is 1. The normalized spacial score (nSPS) is 15.9. The lowest BCUT2D eigenvalue weighted by molar-refractivity contribution is -0.146. The monoisotopic (exact) mass is 332 g/mol. The summed E-state index contributed by atoms with van der Waals surface area (Å²) >= 11 is 0. The van der Waals surface area contributed by atoms with E-state index in [-0.39, 0.29) is 11.9 Å². The zero-order valence-electron chi connectivity index (χ0n) is 14.6. The molecule has 132 valence electrons. The fourth-order valence-corrected chi connectivity index (χ4v) is 2.90. The van der Waals surface area contributed by atoms with Crippen LogP contribution in [0.25, 0.3) is 0 Å². The van der Waals surface area contributed by atoms with Crippen LogP contribution >= 0.6 is 0 Å². The second-order valence-corrected chi connectivity index (χ2v) is 5.90. The Morgan fingerprint density at radius 3 is 2.58 bits per heavy atom. The first-order valence-corrected chi connectivity index (χ1v) is 8.57. The Balaban J connectivity index is 1.65. The molecule has 2 rings (SSSR count). The molecule has 1 aromatic rings. The van der Waals surface area contributed by atoms with Crippen molar-refractivity contribution in [2.75, 3.05) is 45.7 Å². The summed E-state index contributed by atoms with van der Waals surface area (Å²) in [5.41, 5.74) is 1.15. The molecule has 6 heteroatoms. The summed E-state index contributed by atoms with van der Waals surface area (Å²) in [7, 11) is 3.26. The number of aliphatic imine (C=N–C) groups is 1. The van der Waals surface area contributed by atoms with Gasteiger partial charge in [-0.3, -0.25) is 9.79 Å². The fourth-order valence-electron chi connectivity index (χ4n) is 2.90. The average Bonchev–Trinajstić information content (AvgIpc) is 2.65. The number of methoxy groups -OCH3 is 1. The summed E-state index contributed by atoms with van der Waals surface area (Å²) in [6, 6.07) is 10.2. The molecule has 1 aliphatic heterocycles. The third-order valence-corrected chi connectivity index (χ3v) is 4.28. The zero-order valence-corrected chi connectivity index (χ0v) is 14.6. The van der Waals surface area contributed by atoms with E-state index in [0.29, 0.717) is 0 Å². The molecule has 0 amide bonds. The fraction of sp³-hybridized carbons (Fsp3) is 0.556. The number of ether oxygens (including phenoxy) is 1. The van der Waals surface area contributed by atoms with Gasteiger partial charge in [-0.25, -0.2) is 0 Å². The van der Waals surface area contributed by atoms with Crippen molar-refractivity contribution in [1.29, 1.82) is 0 Å². The van der Waals surface area contributed by atoms with Crippen LogP contribution in [0.4, 0.5) is 5.69 Å². The SMILES string of the molecule is CN=C(NCCCNc1ccccc1)N1CCC(C(=O)OC)CC1. The van der Waals surface area contributed by atoms with E-state index in [1.165, 1.54) is 7.11 Å². The van der Waals surface area contributed by atoms with Gasteiger partial charge in [-0.05, 0) is 31.4 Å². The van der Waals surface area contributed by atoms with Crippen molar-refractivity contribution in [3.8, 4) is 0 Å². The highest BCUT2D eigenvalue weighted by molar-refractivity contribution is 5.80. The minimum atomic E-state index is -0.0930. The molecule has 2 N–H and O–H groups in total. The number of guanidine groups is 1. The Bertz CT molecular complexity index is 525. The Labute approximate surface area is 144 Å². The van der Waals surface area contributed by atoms with E-state index < -0.39 is 0 Å². The van der Waals surface area contributed by atoms with Gasteiger partial charge in [0.25, 0.3) is 0 Å². The van der Waals surface area contributed by atoms with Crippen LogP contribution in [-0.2, 0) is 9.53 Å². The Morgan fingerprint density at radius 1 is 1.25 bits per heavy atom. The minimum Gasteiger partial charge on any atom is -0.469 e. The summed E-state index contributed by atoms with van der Waals surface area (Å²) in [4.78, 5) is 18.1. The smallest absolute Gasteiger partial charge is 0.308 e. The number of likely N-dealkylation sites (tertiary alicyclic amines) is 1.